The summed E-state index contributed by atoms with van der Waals surface area (Å²) >= 11 is 0. The molecule has 0 aromatic heterocycles. The third-order valence-corrected chi connectivity index (χ3v) is 2.75. The van der Waals surface area contributed by atoms with Crippen LogP contribution in [-0.2, 0) is 6.42 Å². The van der Waals surface area contributed by atoms with E-state index in [0.29, 0.717) is 0 Å². The van der Waals surface area contributed by atoms with Gasteiger partial charge >= 0.3 is 0 Å². The first-order valence-electron chi connectivity index (χ1n) is 5.08. The highest BCUT2D eigenvalue weighted by Gasteiger charge is 2.29. The molecule has 1 aliphatic rings. The summed E-state index contributed by atoms with van der Waals surface area (Å²) in [5, 5.41) is 0. The van der Waals surface area contributed by atoms with Gasteiger partial charge < -0.3 is 4.74 Å². The second kappa shape index (κ2) is 4.04. The van der Waals surface area contributed by atoms with E-state index in [-0.39, 0.29) is 12.1 Å². The zero-order chi connectivity index (χ0) is 10.8. The molecule has 1 heterocycles. The fourth-order valence-corrected chi connectivity index (χ4v) is 1.96. The molecule has 0 amide bonds. The van der Waals surface area contributed by atoms with Crippen molar-refractivity contribution in [3.05, 3.63) is 42.0 Å². The highest BCUT2D eigenvalue weighted by atomic mass is 16.5. The number of hydrogen-bond acceptors (Lipinski definition) is 3. The summed E-state index contributed by atoms with van der Waals surface area (Å²) in [5.74, 6) is 6.46. The Morgan fingerprint density at radius 1 is 1.60 bits per heavy atom. The van der Waals surface area contributed by atoms with E-state index in [9.17, 15) is 0 Å². The number of nitrogens with two attached hydrogens (primary N) is 1. The molecule has 0 fully saturated rings. The van der Waals surface area contributed by atoms with Crippen LogP contribution in [0.1, 0.15) is 12.5 Å². The van der Waals surface area contributed by atoms with Crippen LogP contribution in [0.5, 0.6) is 5.75 Å². The van der Waals surface area contributed by atoms with Gasteiger partial charge in [-0.15, -0.1) is 0 Å². The van der Waals surface area contributed by atoms with Gasteiger partial charge in [0.1, 0.15) is 11.9 Å². The van der Waals surface area contributed by atoms with Gasteiger partial charge in [-0.2, -0.15) is 0 Å². The Morgan fingerprint density at radius 3 is 2.93 bits per heavy atom. The van der Waals surface area contributed by atoms with Crippen molar-refractivity contribution in [1.29, 1.82) is 0 Å². The second-order valence-corrected chi connectivity index (χ2v) is 3.96. The summed E-state index contributed by atoms with van der Waals surface area (Å²) in [4.78, 5) is 0. The fourth-order valence-electron chi connectivity index (χ4n) is 1.96. The summed E-state index contributed by atoms with van der Waals surface area (Å²) in [6, 6.07) is 8.09. The molecular weight excluding hydrogens is 188 g/mol. The molecule has 80 valence electrons. The normalized spacial score (nSPS) is 20.5. The van der Waals surface area contributed by atoms with Crippen molar-refractivity contribution >= 4 is 0 Å². The van der Waals surface area contributed by atoms with Crippen LogP contribution in [0.2, 0.25) is 0 Å². The molecule has 0 radical (unpaired) electrons. The maximum atomic E-state index is 5.82. The van der Waals surface area contributed by atoms with E-state index >= 15 is 0 Å². The third-order valence-electron chi connectivity index (χ3n) is 2.75. The zero-order valence-corrected chi connectivity index (χ0v) is 8.86. The SMILES string of the molecule is C=C(C)C(NN)C1Cc2ccccc2O1. The topological polar surface area (TPSA) is 47.3 Å². The second-order valence-electron chi connectivity index (χ2n) is 3.96. The van der Waals surface area contributed by atoms with E-state index in [4.69, 9.17) is 10.6 Å². The van der Waals surface area contributed by atoms with Crippen molar-refractivity contribution in [2.24, 2.45) is 5.84 Å². The predicted octanol–water partition coefficient (Wildman–Crippen LogP) is 1.40. The van der Waals surface area contributed by atoms with Crippen molar-refractivity contribution in [1.82, 2.24) is 5.43 Å². The molecule has 2 rings (SSSR count). The molecule has 0 bridgehead atoms. The van der Waals surface area contributed by atoms with Crippen LogP contribution in [0.15, 0.2) is 36.4 Å². The Bertz CT molecular complexity index is 351. The van der Waals surface area contributed by atoms with E-state index < -0.39 is 0 Å². The molecule has 3 nitrogen and oxygen atoms in total. The van der Waals surface area contributed by atoms with Crippen LogP contribution >= 0.6 is 0 Å². The van der Waals surface area contributed by atoms with Gasteiger partial charge in [0, 0.05) is 6.42 Å². The van der Waals surface area contributed by atoms with Crippen LogP contribution in [0, 0.1) is 0 Å². The first kappa shape index (κ1) is 10.2. The number of ether oxygens (including phenoxy) is 1. The maximum Gasteiger partial charge on any atom is 0.123 e. The lowest BCUT2D eigenvalue weighted by Crippen LogP contribution is -2.46. The standard InChI is InChI=1S/C12H16N2O/c1-8(2)12(14-13)11-7-9-5-3-4-6-10(9)15-11/h3-6,11-12,14H,1,7,13H2,2H3. The monoisotopic (exact) mass is 204 g/mol. The van der Waals surface area contributed by atoms with Crippen molar-refractivity contribution in [2.45, 2.75) is 25.5 Å². The van der Waals surface area contributed by atoms with Gasteiger partial charge in [0.05, 0.1) is 6.04 Å². The van der Waals surface area contributed by atoms with E-state index in [1.54, 1.807) is 0 Å². The predicted molar refractivity (Wildman–Crippen MR) is 60.5 cm³/mol. The minimum absolute atomic E-state index is 0.0115. The largest absolute Gasteiger partial charge is 0.488 e. The molecule has 1 aromatic carbocycles. The number of hydrogen-bond donors (Lipinski definition) is 2. The van der Waals surface area contributed by atoms with Gasteiger partial charge in [-0.1, -0.05) is 30.4 Å². The maximum absolute atomic E-state index is 5.82. The molecule has 15 heavy (non-hydrogen) atoms. The molecule has 2 unspecified atom stereocenters. The average molecular weight is 204 g/mol. The number of hydrazine groups is 1. The van der Waals surface area contributed by atoms with Crippen LogP contribution in [0.25, 0.3) is 0 Å². The number of para-hydroxylation sites is 1. The molecule has 3 heteroatoms. The average Bonchev–Trinajstić information content (AvgIpc) is 2.61. The third kappa shape index (κ3) is 1.89. The summed E-state index contributed by atoms with van der Waals surface area (Å²) in [6.07, 6.45) is 0.947. The number of nitrogens with one attached hydrogen (secondary N) is 1. The summed E-state index contributed by atoms with van der Waals surface area (Å²) in [5.41, 5.74) is 4.99. The Balaban J connectivity index is 2.15. The van der Waals surface area contributed by atoms with Gasteiger partial charge in [0.15, 0.2) is 0 Å². The molecule has 0 aliphatic carbocycles. The van der Waals surface area contributed by atoms with Crippen LogP contribution in [-0.4, -0.2) is 12.1 Å². The molecule has 0 saturated heterocycles. The first-order chi connectivity index (χ1) is 7.22. The highest BCUT2D eigenvalue weighted by Crippen LogP contribution is 2.30. The minimum Gasteiger partial charge on any atom is -0.488 e. The van der Waals surface area contributed by atoms with Gasteiger partial charge in [-0.3, -0.25) is 5.84 Å². The number of rotatable bonds is 3. The summed E-state index contributed by atoms with van der Waals surface area (Å²) in [7, 11) is 0. The minimum atomic E-state index is 0.0115. The van der Waals surface area contributed by atoms with Crippen molar-refractivity contribution in [3.63, 3.8) is 0 Å². The first-order valence-corrected chi connectivity index (χ1v) is 5.08. The van der Waals surface area contributed by atoms with Crippen molar-refractivity contribution in [2.75, 3.05) is 0 Å². The molecule has 1 aromatic rings. The molecule has 0 saturated carbocycles. The molecule has 3 N–H and O–H groups in total. The lowest BCUT2D eigenvalue weighted by atomic mass is 10.0. The zero-order valence-electron chi connectivity index (χ0n) is 8.86. The number of fused-ring (bicyclic) bond motifs is 1. The van der Waals surface area contributed by atoms with Crippen LogP contribution in [0.4, 0.5) is 0 Å². The molecule has 0 spiro atoms. The van der Waals surface area contributed by atoms with Gasteiger partial charge in [0.25, 0.3) is 0 Å². The van der Waals surface area contributed by atoms with Crippen molar-refractivity contribution < 1.29 is 4.74 Å². The van der Waals surface area contributed by atoms with E-state index in [0.717, 1.165) is 17.7 Å². The highest BCUT2D eigenvalue weighted by molar-refractivity contribution is 5.38. The Labute approximate surface area is 89.9 Å². The summed E-state index contributed by atoms with van der Waals surface area (Å²) in [6.45, 7) is 5.87. The summed E-state index contributed by atoms with van der Waals surface area (Å²) < 4.78 is 5.82. The smallest absolute Gasteiger partial charge is 0.123 e. The lowest BCUT2D eigenvalue weighted by Gasteiger charge is -2.22. The lowest BCUT2D eigenvalue weighted by molar-refractivity contribution is 0.194. The Morgan fingerprint density at radius 2 is 2.33 bits per heavy atom. The van der Waals surface area contributed by atoms with E-state index in [2.05, 4.69) is 18.1 Å². The number of benzene rings is 1. The van der Waals surface area contributed by atoms with Crippen molar-refractivity contribution in [3.8, 4) is 5.75 Å². The quantitative estimate of drug-likeness (QED) is 0.444. The van der Waals surface area contributed by atoms with Gasteiger partial charge in [0.2, 0.25) is 0 Å². The molecule has 1 aliphatic heterocycles. The molecular formula is C12H16N2O. The Hall–Kier alpha value is -1.32. The van der Waals surface area contributed by atoms with Crippen LogP contribution in [0.3, 0.4) is 0 Å². The fraction of sp³-hybridized carbons (Fsp3) is 0.333. The van der Waals surface area contributed by atoms with E-state index in [1.165, 1.54) is 5.56 Å². The molecule has 2 atom stereocenters. The van der Waals surface area contributed by atoms with Gasteiger partial charge in [-0.25, -0.2) is 5.43 Å². The van der Waals surface area contributed by atoms with E-state index in [1.807, 2.05) is 25.1 Å². The van der Waals surface area contributed by atoms with Gasteiger partial charge in [-0.05, 0) is 18.6 Å². The van der Waals surface area contributed by atoms with Crippen LogP contribution < -0.4 is 16.0 Å². The Kier molecular flexibility index (Phi) is 2.75.